The topological polar surface area (TPSA) is 69.6 Å². The molecule has 1 heterocycles. The summed E-state index contributed by atoms with van der Waals surface area (Å²) in [5, 5.41) is 11.8. The number of piperidine rings is 1. The highest BCUT2D eigenvalue weighted by Gasteiger charge is 2.31. The monoisotopic (exact) mass is 274 g/mol. The second-order valence-electron chi connectivity index (χ2n) is 4.68. The maximum Gasteiger partial charge on any atom is 0.317 e. The number of amides is 2. The summed E-state index contributed by atoms with van der Waals surface area (Å²) in [6, 6.07) is -0.0622. The summed E-state index contributed by atoms with van der Waals surface area (Å²) in [6.45, 7) is 3.13. The number of nitrogens with zero attached hydrogens (tertiary/aromatic N) is 1. The molecule has 0 radical (unpaired) electrons. The van der Waals surface area contributed by atoms with E-state index in [1.54, 1.807) is 16.7 Å². The number of carbonyl (C=O) groups excluding carboxylic acids is 1. The fourth-order valence-electron chi connectivity index (χ4n) is 2.21. The van der Waals surface area contributed by atoms with Crippen molar-refractivity contribution in [1.29, 1.82) is 0 Å². The second kappa shape index (κ2) is 7.51. The number of thioether (sulfide) groups is 1. The van der Waals surface area contributed by atoms with Gasteiger partial charge in [0.25, 0.3) is 0 Å². The number of nitrogens with one attached hydrogen (secondary N) is 1. The number of hydrogen-bond donors (Lipinski definition) is 2. The highest BCUT2D eigenvalue weighted by Crippen LogP contribution is 2.22. The Balaban J connectivity index is 2.34. The van der Waals surface area contributed by atoms with Crippen molar-refractivity contribution in [1.82, 2.24) is 10.2 Å². The van der Waals surface area contributed by atoms with Crippen molar-refractivity contribution in [2.45, 2.75) is 32.2 Å². The molecule has 104 valence electrons. The van der Waals surface area contributed by atoms with Crippen molar-refractivity contribution >= 4 is 23.8 Å². The standard InChI is InChI=1S/C12H22N2O3S/c1-9-8-10(11(15)16)4-6-14(9)12(17)13-5-3-7-18-2/h9-10H,3-8H2,1-2H3,(H,13,17)(H,15,16). The molecule has 0 bridgehead atoms. The van der Waals surface area contributed by atoms with Crippen LogP contribution < -0.4 is 5.32 Å². The van der Waals surface area contributed by atoms with E-state index in [2.05, 4.69) is 5.32 Å². The van der Waals surface area contributed by atoms with Crippen molar-refractivity contribution in [3.8, 4) is 0 Å². The van der Waals surface area contributed by atoms with Gasteiger partial charge in [-0.05, 0) is 38.2 Å². The average Bonchev–Trinajstić information content (AvgIpc) is 2.34. The molecule has 1 saturated heterocycles. The number of aliphatic carboxylic acids is 1. The van der Waals surface area contributed by atoms with Crippen LogP contribution in [0.25, 0.3) is 0 Å². The third-order valence-corrected chi connectivity index (χ3v) is 3.98. The van der Waals surface area contributed by atoms with Gasteiger partial charge in [0, 0.05) is 19.1 Å². The Hall–Kier alpha value is -0.910. The van der Waals surface area contributed by atoms with Gasteiger partial charge in [-0.25, -0.2) is 4.79 Å². The van der Waals surface area contributed by atoms with Gasteiger partial charge in [-0.3, -0.25) is 4.79 Å². The SMILES string of the molecule is CSCCCNC(=O)N1CCC(C(=O)O)CC1C. The van der Waals surface area contributed by atoms with E-state index >= 15 is 0 Å². The maximum atomic E-state index is 11.9. The molecule has 2 amide bonds. The van der Waals surface area contributed by atoms with Gasteiger partial charge < -0.3 is 15.3 Å². The molecular weight excluding hydrogens is 252 g/mol. The molecule has 0 aromatic heterocycles. The van der Waals surface area contributed by atoms with E-state index in [1.807, 2.05) is 13.2 Å². The van der Waals surface area contributed by atoms with Gasteiger partial charge in [0.1, 0.15) is 0 Å². The molecule has 1 aliphatic rings. The van der Waals surface area contributed by atoms with Crippen molar-refractivity contribution in [3.05, 3.63) is 0 Å². The van der Waals surface area contributed by atoms with E-state index < -0.39 is 5.97 Å². The van der Waals surface area contributed by atoms with Gasteiger partial charge in [-0.1, -0.05) is 0 Å². The predicted octanol–water partition coefficient (Wildman–Crippen LogP) is 1.63. The smallest absolute Gasteiger partial charge is 0.317 e. The summed E-state index contributed by atoms with van der Waals surface area (Å²) < 4.78 is 0. The molecule has 1 rings (SSSR count). The van der Waals surface area contributed by atoms with Crippen LogP contribution in [-0.4, -0.2) is 53.1 Å². The molecule has 0 saturated carbocycles. The molecule has 0 aromatic rings. The Kier molecular flexibility index (Phi) is 6.32. The summed E-state index contributed by atoms with van der Waals surface area (Å²) in [5.41, 5.74) is 0. The first-order valence-electron chi connectivity index (χ1n) is 6.32. The lowest BCUT2D eigenvalue weighted by molar-refractivity contribution is -0.143. The second-order valence-corrected chi connectivity index (χ2v) is 5.67. The zero-order chi connectivity index (χ0) is 13.5. The first-order chi connectivity index (χ1) is 8.56. The van der Waals surface area contributed by atoms with Crippen LogP contribution in [0, 0.1) is 5.92 Å². The number of carboxylic acid groups (broad SMARTS) is 1. The first-order valence-corrected chi connectivity index (χ1v) is 7.71. The molecule has 0 spiro atoms. The average molecular weight is 274 g/mol. The minimum atomic E-state index is -0.748. The third-order valence-electron chi connectivity index (χ3n) is 3.29. The van der Waals surface area contributed by atoms with Crippen LogP contribution in [0.5, 0.6) is 0 Å². The fourth-order valence-corrected chi connectivity index (χ4v) is 2.64. The minimum Gasteiger partial charge on any atom is -0.481 e. The molecule has 1 fully saturated rings. The van der Waals surface area contributed by atoms with Gasteiger partial charge in [0.15, 0.2) is 0 Å². The summed E-state index contributed by atoms with van der Waals surface area (Å²) >= 11 is 1.76. The zero-order valence-electron chi connectivity index (χ0n) is 11.0. The first kappa shape index (κ1) is 15.1. The molecule has 0 aliphatic carbocycles. The Labute approximate surface area is 112 Å². The Morgan fingerprint density at radius 3 is 2.78 bits per heavy atom. The lowest BCUT2D eigenvalue weighted by atomic mass is 9.92. The lowest BCUT2D eigenvalue weighted by Gasteiger charge is -2.36. The number of likely N-dealkylation sites (tertiary alicyclic amines) is 1. The van der Waals surface area contributed by atoms with Crippen LogP contribution in [0.2, 0.25) is 0 Å². The van der Waals surface area contributed by atoms with Crippen LogP contribution in [0.1, 0.15) is 26.2 Å². The summed E-state index contributed by atoms with van der Waals surface area (Å²) in [6.07, 6.45) is 4.11. The molecule has 18 heavy (non-hydrogen) atoms. The lowest BCUT2D eigenvalue weighted by Crippen LogP contribution is -2.50. The normalized spacial score (nSPS) is 23.8. The van der Waals surface area contributed by atoms with Crippen LogP contribution in [0.15, 0.2) is 0 Å². The maximum absolute atomic E-state index is 11.9. The zero-order valence-corrected chi connectivity index (χ0v) is 11.8. The van der Waals surface area contributed by atoms with Gasteiger partial charge >= 0.3 is 12.0 Å². The number of hydrogen-bond acceptors (Lipinski definition) is 3. The van der Waals surface area contributed by atoms with E-state index in [-0.39, 0.29) is 18.0 Å². The number of carbonyl (C=O) groups is 2. The van der Waals surface area contributed by atoms with E-state index in [0.29, 0.717) is 25.9 Å². The van der Waals surface area contributed by atoms with E-state index in [0.717, 1.165) is 12.2 Å². The summed E-state index contributed by atoms with van der Waals surface area (Å²) in [5.74, 6) is -0.0147. The molecular formula is C12H22N2O3S. The molecule has 6 heteroatoms. The van der Waals surface area contributed by atoms with Gasteiger partial charge in [-0.2, -0.15) is 11.8 Å². The molecule has 5 nitrogen and oxygen atoms in total. The predicted molar refractivity (Wildman–Crippen MR) is 72.9 cm³/mol. The summed E-state index contributed by atoms with van der Waals surface area (Å²) in [7, 11) is 0. The molecule has 2 unspecified atom stereocenters. The highest BCUT2D eigenvalue weighted by molar-refractivity contribution is 7.98. The van der Waals surface area contributed by atoms with Gasteiger partial charge in [0.05, 0.1) is 5.92 Å². The van der Waals surface area contributed by atoms with Crippen LogP contribution in [0.4, 0.5) is 4.79 Å². The van der Waals surface area contributed by atoms with Gasteiger partial charge in [-0.15, -0.1) is 0 Å². The Bertz CT molecular complexity index is 299. The van der Waals surface area contributed by atoms with Crippen molar-refractivity contribution in [2.75, 3.05) is 25.1 Å². The van der Waals surface area contributed by atoms with Crippen molar-refractivity contribution in [3.63, 3.8) is 0 Å². The minimum absolute atomic E-state index is 0.000371. The third kappa shape index (κ3) is 4.40. The quantitative estimate of drug-likeness (QED) is 0.748. The Morgan fingerprint density at radius 2 is 2.22 bits per heavy atom. The largest absolute Gasteiger partial charge is 0.481 e. The molecule has 2 N–H and O–H groups in total. The Morgan fingerprint density at radius 1 is 1.50 bits per heavy atom. The highest BCUT2D eigenvalue weighted by atomic mass is 32.2. The van der Waals surface area contributed by atoms with Crippen LogP contribution in [-0.2, 0) is 4.79 Å². The van der Waals surface area contributed by atoms with E-state index in [1.165, 1.54) is 0 Å². The molecule has 2 atom stereocenters. The number of rotatable bonds is 5. The van der Waals surface area contributed by atoms with Crippen molar-refractivity contribution < 1.29 is 14.7 Å². The van der Waals surface area contributed by atoms with Gasteiger partial charge in [0.2, 0.25) is 0 Å². The van der Waals surface area contributed by atoms with Crippen molar-refractivity contribution in [2.24, 2.45) is 5.92 Å². The fraction of sp³-hybridized carbons (Fsp3) is 0.833. The van der Waals surface area contributed by atoms with E-state index in [9.17, 15) is 9.59 Å². The van der Waals surface area contributed by atoms with Crippen LogP contribution in [0.3, 0.4) is 0 Å². The molecule has 0 aromatic carbocycles. The number of carboxylic acids is 1. The molecule has 1 aliphatic heterocycles. The number of urea groups is 1. The van der Waals surface area contributed by atoms with E-state index in [4.69, 9.17) is 5.11 Å². The summed E-state index contributed by atoms with van der Waals surface area (Å²) in [4.78, 5) is 24.6. The van der Waals surface area contributed by atoms with Crippen LogP contribution >= 0.6 is 11.8 Å².